The third kappa shape index (κ3) is 2.19. The van der Waals surface area contributed by atoms with Crippen LogP contribution in [-0.4, -0.2) is 37.1 Å². The van der Waals surface area contributed by atoms with Crippen LogP contribution in [0.2, 0.25) is 0 Å². The van der Waals surface area contributed by atoms with Gasteiger partial charge in [0.1, 0.15) is 5.82 Å². The Morgan fingerprint density at radius 2 is 1.94 bits per heavy atom. The second-order valence-electron chi connectivity index (χ2n) is 4.40. The first-order chi connectivity index (χ1) is 8.29. The van der Waals surface area contributed by atoms with Crippen molar-refractivity contribution in [3.8, 4) is 0 Å². The van der Waals surface area contributed by atoms with Crippen molar-refractivity contribution in [2.45, 2.75) is 18.6 Å². The summed E-state index contributed by atoms with van der Waals surface area (Å²) >= 11 is 3.54. The van der Waals surface area contributed by atoms with Crippen molar-refractivity contribution in [3.05, 3.63) is 22.8 Å². The standard InChI is InChI=1S/C12H15BrN2O2/c13-10-2-1-5-14-11(10)15-6-3-12(4-7-15)16-8-9-17-12/h1-2,5H,3-4,6-9H2. The van der Waals surface area contributed by atoms with Gasteiger partial charge in [0.25, 0.3) is 0 Å². The zero-order chi connectivity index (χ0) is 11.7. The van der Waals surface area contributed by atoms with Crippen molar-refractivity contribution in [1.82, 2.24) is 4.98 Å². The highest BCUT2D eigenvalue weighted by molar-refractivity contribution is 9.10. The average molecular weight is 299 g/mol. The smallest absolute Gasteiger partial charge is 0.171 e. The molecule has 4 nitrogen and oxygen atoms in total. The molecule has 0 unspecified atom stereocenters. The van der Waals surface area contributed by atoms with Gasteiger partial charge in [-0.3, -0.25) is 0 Å². The van der Waals surface area contributed by atoms with Crippen molar-refractivity contribution >= 4 is 21.7 Å². The lowest BCUT2D eigenvalue weighted by Crippen LogP contribution is -2.45. The van der Waals surface area contributed by atoms with Crippen molar-refractivity contribution in [1.29, 1.82) is 0 Å². The molecule has 3 heterocycles. The summed E-state index contributed by atoms with van der Waals surface area (Å²) in [5.41, 5.74) is 0. The van der Waals surface area contributed by atoms with Gasteiger partial charge < -0.3 is 14.4 Å². The van der Waals surface area contributed by atoms with Crippen LogP contribution in [0.5, 0.6) is 0 Å². The maximum absolute atomic E-state index is 5.71. The van der Waals surface area contributed by atoms with Gasteiger partial charge in [-0.15, -0.1) is 0 Å². The molecule has 1 aromatic rings. The Kier molecular flexibility index (Phi) is 3.06. The number of piperidine rings is 1. The first kappa shape index (κ1) is 11.4. The molecule has 0 N–H and O–H groups in total. The van der Waals surface area contributed by atoms with Gasteiger partial charge in [0.2, 0.25) is 0 Å². The highest BCUT2D eigenvalue weighted by Gasteiger charge is 2.40. The summed E-state index contributed by atoms with van der Waals surface area (Å²) in [4.78, 5) is 6.69. The summed E-state index contributed by atoms with van der Waals surface area (Å²) < 4.78 is 12.5. The number of nitrogens with zero attached hydrogens (tertiary/aromatic N) is 2. The van der Waals surface area contributed by atoms with E-state index in [0.29, 0.717) is 0 Å². The molecule has 0 radical (unpaired) electrons. The first-order valence-corrected chi connectivity index (χ1v) is 6.72. The Labute approximate surface area is 109 Å². The summed E-state index contributed by atoms with van der Waals surface area (Å²) in [7, 11) is 0. The number of anilines is 1. The van der Waals surface area contributed by atoms with E-state index in [1.807, 2.05) is 18.3 Å². The van der Waals surface area contributed by atoms with E-state index in [4.69, 9.17) is 9.47 Å². The molecule has 92 valence electrons. The predicted molar refractivity (Wildman–Crippen MR) is 68.0 cm³/mol. The van der Waals surface area contributed by atoms with Gasteiger partial charge in [-0.1, -0.05) is 0 Å². The fourth-order valence-corrected chi connectivity index (χ4v) is 2.96. The Balaban J connectivity index is 1.71. The van der Waals surface area contributed by atoms with Crippen molar-refractivity contribution in [3.63, 3.8) is 0 Å². The van der Waals surface area contributed by atoms with E-state index in [-0.39, 0.29) is 5.79 Å². The van der Waals surface area contributed by atoms with Crippen LogP contribution in [0.3, 0.4) is 0 Å². The SMILES string of the molecule is Brc1cccnc1N1CCC2(CC1)OCCO2. The molecule has 2 fully saturated rings. The Morgan fingerprint density at radius 3 is 2.59 bits per heavy atom. The van der Waals surface area contributed by atoms with E-state index < -0.39 is 0 Å². The van der Waals surface area contributed by atoms with E-state index in [1.54, 1.807) is 0 Å². The van der Waals surface area contributed by atoms with Gasteiger partial charge in [0, 0.05) is 32.1 Å². The quantitative estimate of drug-likeness (QED) is 0.796. The lowest BCUT2D eigenvalue weighted by atomic mass is 10.0. The fraction of sp³-hybridized carbons (Fsp3) is 0.583. The van der Waals surface area contributed by atoms with E-state index in [0.717, 1.165) is 49.4 Å². The molecule has 0 bridgehead atoms. The number of ether oxygens (including phenoxy) is 2. The number of pyridine rings is 1. The van der Waals surface area contributed by atoms with Crippen LogP contribution in [0, 0.1) is 0 Å². The molecule has 0 aliphatic carbocycles. The molecule has 2 aliphatic rings. The molecular formula is C12H15BrN2O2. The predicted octanol–water partition coefficient (Wildman–Crippen LogP) is 2.19. The van der Waals surface area contributed by atoms with Crippen molar-refractivity contribution in [2.75, 3.05) is 31.2 Å². The van der Waals surface area contributed by atoms with Crippen LogP contribution in [0.1, 0.15) is 12.8 Å². The lowest BCUT2D eigenvalue weighted by Gasteiger charge is -2.38. The summed E-state index contributed by atoms with van der Waals surface area (Å²) in [6, 6.07) is 3.96. The fourth-order valence-electron chi connectivity index (χ4n) is 2.45. The van der Waals surface area contributed by atoms with E-state index >= 15 is 0 Å². The van der Waals surface area contributed by atoms with Crippen LogP contribution in [0.15, 0.2) is 22.8 Å². The maximum Gasteiger partial charge on any atom is 0.171 e. The summed E-state index contributed by atoms with van der Waals surface area (Å²) in [6.07, 6.45) is 3.65. The van der Waals surface area contributed by atoms with Gasteiger partial charge in [-0.25, -0.2) is 4.98 Å². The molecule has 1 aromatic heterocycles. The molecule has 5 heteroatoms. The molecule has 0 amide bonds. The molecule has 1 spiro atoms. The second-order valence-corrected chi connectivity index (χ2v) is 5.26. The van der Waals surface area contributed by atoms with Crippen LogP contribution in [0.4, 0.5) is 5.82 Å². The molecular weight excluding hydrogens is 284 g/mol. The number of hydrogen-bond acceptors (Lipinski definition) is 4. The van der Waals surface area contributed by atoms with Gasteiger partial charge in [0.15, 0.2) is 5.79 Å². The number of rotatable bonds is 1. The largest absolute Gasteiger partial charge is 0.355 e. The lowest BCUT2D eigenvalue weighted by molar-refractivity contribution is -0.169. The Morgan fingerprint density at radius 1 is 1.24 bits per heavy atom. The van der Waals surface area contributed by atoms with E-state index in [9.17, 15) is 0 Å². The van der Waals surface area contributed by atoms with Crippen LogP contribution >= 0.6 is 15.9 Å². The second kappa shape index (κ2) is 4.55. The van der Waals surface area contributed by atoms with Crippen molar-refractivity contribution in [2.24, 2.45) is 0 Å². The molecule has 2 saturated heterocycles. The Hall–Kier alpha value is -0.650. The minimum Gasteiger partial charge on any atom is -0.355 e. The third-order valence-electron chi connectivity index (χ3n) is 3.38. The van der Waals surface area contributed by atoms with Gasteiger partial charge in [0.05, 0.1) is 17.7 Å². The minimum absolute atomic E-state index is 0.308. The van der Waals surface area contributed by atoms with Crippen LogP contribution < -0.4 is 4.90 Å². The molecule has 0 aromatic carbocycles. The molecule has 3 rings (SSSR count). The number of aromatic nitrogens is 1. The van der Waals surface area contributed by atoms with Crippen LogP contribution in [0.25, 0.3) is 0 Å². The molecule has 2 aliphatic heterocycles. The molecule has 0 atom stereocenters. The van der Waals surface area contributed by atoms with E-state index in [2.05, 4.69) is 25.8 Å². The topological polar surface area (TPSA) is 34.6 Å². The van der Waals surface area contributed by atoms with Crippen molar-refractivity contribution < 1.29 is 9.47 Å². The highest BCUT2D eigenvalue weighted by atomic mass is 79.9. The molecule has 0 saturated carbocycles. The molecule has 17 heavy (non-hydrogen) atoms. The zero-order valence-corrected chi connectivity index (χ0v) is 11.1. The average Bonchev–Trinajstić information content (AvgIpc) is 2.80. The van der Waals surface area contributed by atoms with Gasteiger partial charge in [-0.05, 0) is 28.1 Å². The highest BCUT2D eigenvalue weighted by Crippen LogP contribution is 2.34. The van der Waals surface area contributed by atoms with Gasteiger partial charge in [-0.2, -0.15) is 0 Å². The minimum atomic E-state index is -0.308. The monoisotopic (exact) mass is 298 g/mol. The summed E-state index contributed by atoms with van der Waals surface area (Å²) in [6.45, 7) is 3.31. The summed E-state index contributed by atoms with van der Waals surface area (Å²) in [5, 5.41) is 0. The number of halogens is 1. The first-order valence-electron chi connectivity index (χ1n) is 5.92. The Bertz CT molecular complexity index is 397. The van der Waals surface area contributed by atoms with E-state index in [1.165, 1.54) is 0 Å². The summed E-state index contributed by atoms with van der Waals surface area (Å²) in [5.74, 6) is 0.706. The number of hydrogen-bond donors (Lipinski definition) is 0. The van der Waals surface area contributed by atoms with Gasteiger partial charge >= 0.3 is 0 Å². The maximum atomic E-state index is 5.71. The van der Waals surface area contributed by atoms with Crippen LogP contribution in [-0.2, 0) is 9.47 Å². The normalized spacial score (nSPS) is 23.2. The zero-order valence-electron chi connectivity index (χ0n) is 9.56. The third-order valence-corrected chi connectivity index (χ3v) is 4.00.